The van der Waals surface area contributed by atoms with E-state index < -0.39 is 18.0 Å². The molecule has 1 N–H and O–H groups in total. The highest BCUT2D eigenvalue weighted by Crippen LogP contribution is 2.30. The molecule has 0 aromatic carbocycles. The summed E-state index contributed by atoms with van der Waals surface area (Å²) in [5.74, 6) is 0. The number of hydrogen-bond acceptors (Lipinski definition) is 1. The second-order valence-corrected chi connectivity index (χ2v) is 2.52. The van der Waals surface area contributed by atoms with Crippen molar-refractivity contribution in [3.8, 4) is 0 Å². The van der Waals surface area contributed by atoms with Crippen LogP contribution in [0.5, 0.6) is 0 Å². The minimum absolute atomic E-state index is 0.0512. The highest BCUT2D eigenvalue weighted by Gasteiger charge is 2.36. The fourth-order valence-corrected chi connectivity index (χ4v) is 0.557. The number of aliphatic hydroxyl groups is 1. The van der Waals surface area contributed by atoms with Crippen LogP contribution in [-0.4, -0.2) is 23.3 Å². The Kier molecular flexibility index (Phi) is 4.05. The summed E-state index contributed by atoms with van der Waals surface area (Å²) in [7, 11) is 0. The van der Waals surface area contributed by atoms with E-state index in [0.717, 1.165) is 0 Å². The van der Waals surface area contributed by atoms with Crippen molar-refractivity contribution in [3.63, 3.8) is 0 Å². The SMILES string of the molecule is OCCCC(F)(Cl)C(F)F. The van der Waals surface area contributed by atoms with Gasteiger partial charge in [-0.1, -0.05) is 11.6 Å². The van der Waals surface area contributed by atoms with Gasteiger partial charge in [0, 0.05) is 13.0 Å². The zero-order chi connectivity index (χ0) is 8.20. The number of alkyl halides is 4. The van der Waals surface area contributed by atoms with E-state index in [1.807, 2.05) is 0 Å². The molecule has 0 bridgehead atoms. The van der Waals surface area contributed by atoms with Gasteiger partial charge in [-0.2, -0.15) is 0 Å². The second-order valence-electron chi connectivity index (χ2n) is 1.89. The average molecular weight is 177 g/mol. The minimum atomic E-state index is -3.19. The predicted octanol–water partition coefficient (Wildman–Crippen LogP) is 1.93. The van der Waals surface area contributed by atoms with Crippen LogP contribution in [-0.2, 0) is 0 Å². The molecule has 1 unspecified atom stereocenters. The normalized spacial score (nSPS) is 17.4. The molecule has 5 heteroatoms. The van der Waals surface area contributed by atoms with Crippen molar-refractivity contribution in [1.82, 2.24) is 0 Å². The molecule has 0 aromatic heterocycles. The molecule has 0 aromatic rings. The molecular formula is C5H8ClF3O. The summed E-state index contributed by atoms with van der Waals surface area (Å²) in [5.41, 5.74) is 0. The van der Waals surface area contributed by atoms with Crippen molar-refractivity contribution in [1.29, 1.82) is 0 Å². The standard InChI is InChI=1S/C5H8ClF3O/c6-5(9,4(7)8)2-1-3-10/h4,10H,1-3H2. The van der Waals surface area contributed by atoms with Crippen LogP contribution in [0.1, 0.15) is 12.8 Å². The zero-order valence-electron chi connectivity index (χ0n) is 5.16. The van der Waals surface area contributed by atoms with Crippen LogP contribution in [0.3, 0.4) is 0 Å². The van der Waals surface area contributed by atoms with Gasteiger partial charge in [-0.15, -0.1) is 0 Å². The second kappa shape index (κ2) is 4.03. The third-order valence-electron chi connectivity index (χ3n) is 0.987. The first-order chi connectivity index (χ1) is 4.50. The van der Waals surface area contributed by atoms with E-state index in [1.54, 1.807) is 0 Å². The Balaban J connectivity index is 3.63. The van der Waals surface area contributed by atoms with Crippen molar-refractivity contribution in [2.75, 3.05) is 6.61 Å². The van der Waals surface area contributed by atoms with Gasteiger partial charge in [0.2, 0.25) is 5.13 Å². The van der Waals surface area contributed by atoms with Gasteiger partial charge >= 0.3 is 0 Å². The lowest BCUT2D eigenvalue weighted by atomic mass is 10.2. The molecule has 0 amide bonds. The van der Waals surface area contributed by atoms with Crippen LogP contribution in [0.4, 0.5) is 13.2 Å². The van der Waals surface area contributed by atoms with Crippen molar-refractivity contribution < 1.29 is 18.3 Å². The molecule has 0 aliphatic carbocycles. The Morgan fingerprint density at radius 2 is 2.00 bits per heavy atom. The number of aliphatic hydroxyl groups excluding tert-OH is 1. The number of hydrogen-bond donors (Lipinski definition) is 1. The summed E-state index contributed by atoms with van der Waals surface area (Å²) in [5, 5.41) is 5.17. The van der Waals surface area contributed by atoms with Gasteiger partial charge in [0.1, 0.15) is 0 Å². The molecule has 0 radical (unpaired) electrons. The maximum atomic E-state index is 12.3. The Bertz CT molecular complexity index is 96.9. The molecule has 0 fully saturated rings. The lowest BCUT2D eigenvalue weighted by Crippen LogP contribution is -2.25. The maximum Gasteiger partial charge on any atom is 0.285 e. The molecular weight excluding hydrogens is 169 g/mol. The molecule has 0 saturated carbocycles. The van der Waals surface area contributed by atoms with E-state index in [0.29, 0.717) is 0 Å². The summed E-state index contributed by atoms with van der Waals surface area (Å²) in [6.07, 6.45) is -3.77. The molecule has 0 aliphatic rings. The van der Waals surface area contributed by atoms with Crippen molar-refractivity contribution in [3.05, 3.63) is 0 Å². The van der Waals surface area contributed by atoms with Gasteiger partial charge in [0.25, 0.3) is 6.43 Å². The van der Waals surface area contributed by atoms with Gasteiger partial charge in [0.15, 0.2) is 0 Å². The molecule has 1 nitrogen and oxygen atoms in total. The van der Waals surface area contributed by atoms with Crippen molar-refractivity contribution >= 4 is 11.6 Å². The van der Waals surface area contributed by atoms with Crippen LogP contribution in [0.15, 0.2) is 0 Å². The average Bonchev–Trinajstić information content (AvgIpc) is 1.84. The van der Waals surface area contributed by atoms with Crippen LogP contribution in [0.2, 0.25) is 0 Å². The van der Waals surface area contributed by atoms with Crippen LogP contribution < -0.4 is 0 Å². The topological polar surface area (TPSA) is 20.2 Å². The Hall–Kier alpha value is 0.0400. The first kappa shape index (κ1) is 10.0. The molecule has 0 aliphatic heterocycles. The van der Waals surface area contributed by atoms with E-state index in [4.69, 9.17) is 16.7 Å². The first-order valence-corrected chi connectivity index (χ1v) is 3.15. The predicted molar refractivity (Wildman–Crippen MR) is 32.0 cm³/mol. The van der Waals surface area contributed by atoms with E-state index in [-0.39, 0.29) is 13.0 Å². The third kappa shape index (κ3) is 3.27. The molecule has 0 saturated heterocycles. The van der Waals surface area contributed by atoms with Crippen molar-refractivity contribution in [2.24, 2.45) is 0 Å². The van der Waals surface area contributed by atoms with Crippen LogP contribution in [0, 0.1) is 0 Å². The third-order valence-corrected chi connectivity index (χ3v) is 1.34. The lowest BCUT2D eigenvalue weighted by molar-refractivity contribution is 0.0134. The molecule has 10 heavy (non-hydrogen) atoms. The smallest absolute Gasteiger partial charge is 0.285 e. The lowest BCUT2D eigenvalue weighted by Gasteiger charge is -2.15. The summed E-state index contributed by atoms with van der Waals surface area (Å²) < 4.78 is 35.4. The minimum Gasteiger partial charge on any atom is -0.396 e. The van der Waals surface area contributed by atoms with E-state index in [9.17, 15) is 13.2 Å². The Morgan fingerprint density at radius 1 is 1.50 bits per heavy atom. The van der Waals surface area contributed by atoms with Gasteiger partial charge in [-0.25, -0.2) is 13.2 Å². The molecule has 62 valence electrons. The Labute approximate surface area is 61.8 Å². The Morgan fingerprint density at radius 3 is 2.30 bits per heavy atom. The monoisotopic (exact) mass is 176 g/mol. The van der Waals surface area contributed by atoms with Gasteiger partial charge in [-0.05, 0) is 6.42 Å². The fourth-order valence-electron chi connectivity index (χ4n) is 0.424. The summed E-state index contributed by atoms with van der Waals surface area (Å²) in [6, 6.07) is 0. The molecule has 1 atom stereocenters. The maximum absolute atomic E-state index is 12.3. The van der Waals surface area contributed by atoms with Gasteiger partial charge < -0.3 is 5.11 Å². The van der Waals surface area contributed by atoms with Gasteiger partial charge in [0.05, 0.1) is 0 Å². The largest absolute Gasteiger partial charge is 0.396 e. The molecule has 0 spiro atoms. The number of rotatable bonds is 4. The van der Waals surface area contributed by atoms with E-state index >= 15 is 0 Å². The highest BCUT2D eigenvalue weighted by atomic mass is 35.5. The summed E-state index contributed by atoms with van der Waals surface area (Å²) in [4.78, 5) is 0. The molecule has 0 heterocycles. The zero-order valence-corrected chi connectivity index (χ0v) is 5.91. The first-order valence-electron chi connectivity index (χ1n) is 2.77. The summed E-state index contributed by atoms with van der Waals surface area (Å²) in [6.45, 7) is -0.328. The summed E-state index contributed by atoms with van der Waals surface area (Å²) >= 11 is 4.72. The van der Waals surface area contributed by atoms with Crippen LogP contribution in [0.25, 0.3) is 0 Å². The fraction of sp³-hybridized carbons (Fsp3) is 1.00. The number of halogens is 4. The van der Waals surface area contributed by atoms with E-state index in [2.05, 4.69) is 0 Å². The van der Waals surface area contributed by atoms with E-state index in [1.165, 1.54) is 0 Å². The van der Waals surface area contributed by atoms with Gasteiger partial charge in [-0.3, -0.25) is 0 Å². The quantitative estimate of drug-likeness (QED) is 0.649. The van der Waals surface area contributed by atoms with Crippen molar-refractivity contribution in [2.45, 2.75) is 24.4 Å². The van der Waals surface area contributed by atoms with Crippen LogP contribution >= 0.6 is 11.6 Å². The highest BCUT2D eigenvalue weighted by molar-refractivity contribution is 6.23. The molecule has 0 rings (SSSR count).